The van der Waals surface area contributed by atoms with Crippen LogP contribution in [0.4, 0.5) is 8.78 Å². The average molecular weight is 464 g/mol. The zero-order chi connectivity index (χ0) is 23.4. The first-order valence-corrected chi connectivity index (χ1v) is 11.3. The summed E-state index contributed by atoms with van der Waals surface area (Å²) in [6.45, 7) is 1.36. The van der Waals surface area contributed by atoms with Crippen LogP contribution in [0.5, 0.6) is 11.8 Å². The van der Waals surface area contributed by atoms with Crippen molar-refractivity contribution < 1.29 is 18.6 Å². The van der Waals surface area contributed by atoms with Crippen molar-refractivity contribution in [1.82, 2.24) is 19.9 Å². The summed E-state index contributed by atoms with van der Waals surface area (Å²) in [6, 6.07) is 10.2. The van der Waals surface area contributed by atoms with Crippen molar-refractivity contribution in [1.29, 1.82) is 0 Å². The molecule has 2 aromatic heterocycles. The largest absolute Gasteiger partial charge is 0.508 e. The molecule has 0 radical (unpaired) electrons. The number of fused-ring (bicyclic) bond motifs is 3. The molecule has 2 N–H and O–H groups in total. The van der Waals surface area contributed by atoms with E-state index < -0.39 is 23.1 Å². The first-order valence-electron chi connectivity index (χ1n) is 11.3. The van der Waals surface area contributed by atoms with Crippen molar-refractivity contribution in [3.63, 3.8) is 0 Å². The van der Waals surface area contributed by atoms with Gasteiger partial charge in [0.2, 0.25) is 0 Å². The zero-order valence-corrected chi connectivity index (χ0v) is 18.2. The van der Waals surface area contributed by atoms with E-state index >= 15 is 4.39 Å². The molecule has 6 rings (SSSR count). The van der Waals surface area contributed by atoms with Gasteiger partial charge in [0.05, 0.1) is 10.9 Å². The van der Waals surface area contributed by atoms with E-state index in [1.807, 2.05) is 24.3 Å². The molecule has 9 heteroatoms. The predicted molar refractivity (Wildman–Crippen MR) is 123 cm³/mol. The fourth-order valence-electron chi connectivity index (χ4n) is 5.44. The van der Waals surface area contributed by atoms with Gasteiger partial charge in [0.25, 0.3) is 11.6 Å². The molecule has 1 unspecified atom stereocenters. The summed E-state index contributed by atoms with van der Waals surface area (Å²) in [5, 5.41) is 11.6. The van der Waals surface area contributed by atoms with Crippen LogP contribution in [0.15, 0.2) is 47.4 Å². The van der Waals surface area contributed by atoms with Crippen LogP contribution in [0.3, 0.4) is 0 Å². The number of phenols is 1. The van der Waals surface area contributed by atoms with Crippen molar-refractivity contribution in [2.45, 2.75) is 31.0 Å². The van der Waals surface area contributed by atoms with Gasteiger partial charge in [-0.25, -0.2) is 8.78 Å². The van der Waals surface area contributed by atoms with Crippen LogP contribution in [-0.2, 0) is 0 Å². The molecular formula is C25H22F2N4O3. The number of aromatic hydroxyl groups is 1. The van der Waals surface area contributed by atoms with Crippen LogP contribution in [0, 0.1) is 5.82 Å². The number of hydrogen-bond donors (Lipinski definition) is 2. The Balaban J connectivity index is 1.41. The SMILES string of the molecule is O=c1[nH]c(OCC23CCCN2C[C@H](F)C3)nc2c(F)c(-c3cc(O)cc4ccccc34)ncc12. The smallest absolute Gasteiger partial charge is 0.297 e. The number of hydrogen-bond acceptors (Lipinski definition) is 6. The third kappa shape index (κ3) is 3.30. The van der Waals surface area contributed by atoms with Crippen LogP contribution in [0.1, 0.15) is 19.3 Å². The molecule has 2 saturated heterocycles. The standard InChI is InChI=1S/C25H22F2N4O3/c26-15-10-25(6-3-7-31(25)12-15)13-34-24-29-22-19(23(33)30-24)11-28-21(20(22)27)18-9-16(32)8-14-4-1-2-5-17(14)18/h1-2,4-5,8-9,11,15,32H,3,6-7,10,12-13H2,(H,29,30,33)/t15-,25?/m1/s1. The first kappa shape index (κ1) is 21.0. The van der Waals surface area contributed by atoms with Crippen molar-refractivity contribution in [2.75, 3.05) is 19.7 Å². The monoisotopic (exact) mass is 464 g/mol. The lowest BCUT2D eigenvalue weighted by Crippen LogP contribution is -2.43. The van der Waals surface area contributed by atoms with Crippen LogP contribution >= 0.6 is 0 Å². The number of rotatable bonds is 4. The van der Waals surface area contributed by atoms with Crippen molar-refractivity contribution in [2.24, 2.45) is 0 Å². The summed E-state index contributed by atoms with van der Waals surface area (Å²) in [6.07, 6.45) is 2.50. The van der Waals surface area contributed by atoms with Gasteiger partial charge >= 0.3 is 0 Å². The molecule has 0 spiro atoms. The second-order valence-electron chi connectivity index (χ2n) is 9.13. The number of ether oxygens (including phenoxy) is 1. The summed E-state index contributed by atoms with van der Waals surface area (Å²) in [5.74, 6) is -0.810. The molecular weight excluding hydrogens is 442 g/mol. The van der Waals surface area contributed by atoms with Crippen molar-refractivity contribution >= 4 is 21.7 Å². The Kier molecular flexibility index (Phi) is 4.77. The lowest BCUT2D eigenvalue weighted by Gasteiger charge is -2.30. The predicted octanol–water partition coefficient (Wildman–Crippen LogP) is 3.94. The molecule has 2 fully saturated rings. The number of nitrogens with zero attached hydrogens (tertiary/aromatic N) is 3. The quantitative estimate of drug-likeness (QED) is 0.476. The minimum atomic E-state index is -0.907. The molecule has 7 nitrogen and oxygen atoms in total. The molecule has 2 aromatic carbocycles. The molecule has 2 aliphatic rings. The summed E-state index contributed by atoms with van der Waals surface area (Å²) in [4.78, 5) is 25.7. The van der Waals surface area contributed by atoms with Crippen molar-refractivity contribution in [3.8, 4) is 23.0 Å². The topological polar surface area (TPSA) is 91.3 Å². The summed E-state index contributed by atoms with van der Waals surface area (Å²) >= 11 is 0. The molecule has 0 amide bonds. The Morgan fingerprint density at radius 3 is 3.00 bits per heavy atom. The molecule has 0 bridgehead atoms. The minimum absolute atomic E-state index is 0.0107. The lowest BCUT2D eigenvalue weighted by atomic mass is 9.95. The van der Waals surface area contributed by atoms with Crippen LogP contribution in [0.25, 0.3) is 32.9 Å². The van der Waals surface area contributed by atoms with E-state index in [-0.39, 0.29) is 35.0 Å². The molecule has 174 valence electrons. The molecule has 2 atom stereocenters. The maximum Gasteiger partial charge on any atom is 0.297 e. The maximum absolute atomic E-state index is 15.7. The van der Waals surface area contributed by atoms with Gasteiger partial charge in [0, 0.05) is 24.7 Å². The number of H-pyrrole nitrogens is 1. The van der Waals surface area contributed by atoms with Gasteiger partial charge in [-0.05, 0) is 42.3 Å². The second kappa shape index (κ2) is 7.73. The Bertz CT molecular complexity index is 1490. The normalized spacial score (nSPS) is 22.5. The maximum atomic E-state index is 15.7. The molecule has 34 heavy (non-hydrogen) atoms. The molecule has 4 heterocycles. The van der Waals surface area contributed by atoms with E-state index in [4.69, 9.17) is 4.74 Å². The van der Waals surface area contributed by atoms with Gasteiger partial charge in [0.15, 0.2) is 5.82 Å². The van der Waals surface area contributed by atoms with E-state index in [9.17, 15) is 14.3 Å². The number of benzene rings is 2. The number of halogens is 2. The number of aromatic amines is 1. The fourth-order valence-corrected chi connectivity index (χ4v) is 5.44. The highest BCUT2D eigenvalue weighted by molar-refractivity contribution is 5.98. The summed E-state index contributed by atoms with van der Waals surface area (Å²) in [7, 11) is 0. The van der Waals surface area contributed by atoms with E-state index in [1.54, 1.807) is 6.07 Å². The Labute approximate surface area is 193 Å². The van der Waals surface area contributed by atoms with Crippen molar-refractivity contribution in [3.05, 3.63) is 58.8 Å². The number of alkyl halides is 1. The van der Waals surface area contributed by atoms with E-state index in [0.29, 0.717) is 23.9 Å². The molecule has 4 aromatic rings. The Morgan fingerprint density at radius 1 is 1.26 bits per heavy atom. The lowest BCUT2D eigenvalue weighted by molar-refractivity contribution is 0.107. The average Bonchev–Trinajstić information content (AvgIpc) is 3.33. The summed E-state index contributed by atoms with van der Waals surface area (Å²) < 4.78 is 35.6. The van der Waals surface area contributed by atoms with Crippen LogP contribution < -0.4 is 10.3 Å². The second-order valence-corrected chi connectivity index (χ2v) is 9.13. The number of aromatic nitrogens is 3. The number of pyridine rings is 1. The molecule has 0 aliphatic carbocycles. The fraction of sp³-hybridized carbons (Fsp3) is 0.320. The van der Waals surface area contributed by atoms with E-state index in [0.717, 1.165) is 24.8 Å². The third-order valence-electron chi connectivity index (χ3n) is 7.01. The minimum Gasteiger partial charge on any atom is -0.508 e. The molecule has 0 saturated carbocycles. The third-order valence-corrected chi connectivity index (χ3v) is 7.01. The van der Waals surface area contributed by atoms with Crippen LogP contribution in [-0.4, -0.2) is 56.4 Å². The highest BCUT2D eigenvalue weighted by atomic mass is 19.1. The van der Waals surface area contributed by atoms with Gasteiger partial charge in [-0.15, -0.1) is 0 Å². The number of nitrogens with one attached hydrogen (secondary N) is 1. The highest BCUT2D eigenvalue weighted by Gasteiger charge is 2.49. The van der Waals surface area contributed by atoms with Gasteiger partial charge in [-0.3, -0.25) is 19.7 Å². The summed E-state index contributed by atoms with van der Waals surface area (Å²) in [5.41, 5.74) is -0.809. The van der Waals surface area contributed by atoms with Gasteiger partial charge < -0.3 is 9.84 Å². The first-order chi connectivity index (χ1) is 16.4. The molecule has 2 aliphatic heterocycles. The van der Waals surface area contributed by atoms with E-state index in [1.165, 1.54) is 12.3 Å². The zero-order valence-electron chi connectivity index (χ0n) is 18.2. The van der Waals surface area contributed by atoms with Gasteiger partial charge in [-0.2, -0.15) is 4.98 Å². The Hall–Kier alpha value is -3.59. The van der Waals surface area contributed by atoms with Crippen LogP contribution in [0.2, 0.25) is 0 Å². The number of phenolic OH excluding ortho intramolecular Hbond substituents is 1. The van der Waals surface area contributed by atoms with E-state index in [2.05, 4.69) is 19.9 Å². The Morgan fingerprint density at radius 2 is 2.12 bits per heavy atom. The van der Waals surface area contributed by atoms with Gasteiger partial charge in [-0.1, -0.05) is 24.3 Å². The van der Waals surface area contributed by atoms with Gasteiger partial charge in [0.1, 0.15) is 29.7 Å². The highest BCUT2D eigenvalue weighted by Crippen LogP contribution is 2.40.